The molecule has 0 aromatic heterocycles. The van der Waals surface area contributed by atoms with Gasteiger partial charge in [0, 0.05) is 24.2 Å². The third-order valence-electron chi connectivity index (χ3n) is 5.87. The molecule has 1 aromatic carbocycles. The van der Waals surface area contributed by atoms with Crippen LogP contribution in [0.4, 0.5) is 5.69 Å². The zero-order chi connectivity index (χ0) is 15.4. The molecule has 23 heavy (non-hydrogen) atoms. The molecular weight excluding hydrogens is 306 g/mol. The molecular formula is C20H32ClNO. The van der Waals surface area contributed by atoms with Gasteiger partial charge in [-0.05, 0) is 50.2 Å². The fourth-order valence-corrected chi connectivity index (χ4v) is 4.77. The second-order valence-corrected chi connectivity index (χ2v) is 7.20. The lowest BCUT2D eigenvalue weighted by Crippen LogP contribution is -2.53. The molecule has 0 radical (unpaired) electrons. The lowest BCUT2D eigenvalue weighted by Gasteiger charge is -2.49. The summed E-state index contributed by atoms with van der Waals surface area (Å²) in [5, 5.41) is 10.6. The Morgan fingerprint density at radius 3 is 2.39 bits per heavy atom. The Morgan fingerprint density at radius 2 is 1.74 bits per heavy atom. The number of aliphatic hydroxyl groups excluding tert-OH is 1. The first-order chi connectivity index (χ1) is 10.8. The molecule has 2 aliphatic rings. The zero-order valence-corrected chi connectivity index (χ0v) is 15.2. The Balaban J connectivity index is 0.00000192. The first-order valence-corrected chi connectivity index (χ1v) is 9.31. The number of benzene rings is 1. The molecule has 3 rings (SSSR count). The van der Waals surface area contributed by atoms with Crippen LogP contribution in [-0.4, -0.2) is 23.8 Å². The van der Waals surface area contributed by atoms with E-state index in [1.54, 1.807) is 0 Å². The fraction of sp³-hybridized carbons (Fsp3) is 0.700. The molecule has 1 N–H and O–H groups in total. The van der Waals surface area contributed by atoms with E-state index in [-0.39, 0.29) is 18.5 Å². The van der Waals surface area contributed by atoms with Crippen LogP contribution in [-0.2, 0) is 0 Å². The van der Waals surface area contributed by atoms with E-state index < -0.39 is 0 Å². The van der Waals surface area contributed by atoms with Gasteiger partial charge in [0.05, 0.1) is 6.10 Å². The van der Waals surface area contributed by atoms with Crippen molar-refractivity contribution in [1.82, 2.24) is 0 Å². The number of piperidine rings is 1. The quantitative estimate of drug-likeness (QED) is 0.831. The van der Waals surface area contributed by atoms with Crippen molar-refractivity contribution in [3.8, 4) is 0 Å². The molecule has 0 spiro atoms. The number of hydrogen-bond donors (Lipinski definition) is 1. The van der Waals surface area contributed by atoms with Crippen LogP contribution in [0.5, 0.6) is 0 Å². The van der Waals surface area contributed by atoms with Gasteiger partial charge < -0.3 is 10.0 Å². The van der Waals surface area contributed by atoms with Crippen molar-refractivity contribution in [1.29, 1.82) is 0 Å². The predicted molar refractivity (Wildman–Crippen MR) is 100 cm³/mol. The molecule has 1 aromatic rings. The van der Waals surface area contributed by atoms with Crippen molar-refractivity contribution >= 4 is 18.1 Å². The molecule has 130 valence electrons. The summed E-state index contributed by atoms with van der Waals surface area (Å²) in [4.78, 5) is 2.63. The predicted octanol–water partition coefficient (Wildman–Crippen LogP) is 5.04. The third kappa shape index (κ3) is 4.22. The molecule has 1 aliphatic carbocycles. The van der Waals surface area contributed by atoms with Crippen LogP contribution in [0.2, 0.25) is 0 Å². The second kappa shape index (κ2) is 8.94. The SMILES string of the molecule is CCC(O)C1CCCN(c2ccccc2)C1C1CCCCC1.Cl. The number of nitrogens with zero attached hydrogens (tertiary/aromatic N) is 1. The summed E-state index contributed by atoms with van der Waals surface area (Å²) >= 11 is 0. The normalized spacial score (nSPS) is 27.3. The summed E-state index contributed by atoms with van der Waals surface area (Å²) in [6.45, 7) is 3.28. The van der Waals surface area contributed by atoms with Gasteiger partial charge in [-0.1, -0.05) is 44.4 Å². The first-order valence-electron chi connectivity index (χ1n) is 9.31. The smallest absolute Gasteiger partial charge is 0.0585 e. The van der Waals surface area contributed by atoms with Gasteiger partial charge in [-0.25, -0.2) is 0 Å². The highest BCUT2D eigenvalue weighted by Crippen LogP contribution is 2.40. The van der Waals surface area contributed by atoms with E-state index in [0.717, 1.165) is 18.9 Å². The number of rotatable bonds is 4. The molecule has 3 unspecified atom stereocenters. The van der Waals surface area contributed by atoms with E-state index >= 15 is 0 Å². The summed E-state index contributed by atoms with van der Waals surface area (Å²) in [6.07, 6.45) is 9.99. The van der Waals surface area contributed by atoms with E-state index in [1.807, 2.05) is 0 Å². The Hall–Kier alpha value is -0.730. The van der Waals surface area contributed by atoms with Gasteiger partial charge in [-0.3, -0.25) is 0 Å². The highest BCUT2D eigenvalue weighted by molar-refractivity contribution is 5.85. The molecule has 1 saturated carbocycles. The maximum atomic E-state index is 10.6. The molecule has 0 amide bonds. The van der Waals surface area contributed by atoms with Crippen LogP contribution in [0.15, 0.2) is 30.3 Å². The van der Waals surface area contributed by atoms with E-state index in [1.165, 1.54) is 50.6 Å². The monoisotopic (exact) mass is 337 g/mol. The molecule has 2 nitrogen and oxygen atoms in total. The van der Waals surface area contributed by atoms with Crippen LogP contribution in [0.3, 0.4) is 0 Å². The van der Waals surface area contributed by atoms with Gasteiger partial charge in [0.25, 0.3) is 0 Å². The van der Waals surface area contributed by atoms with E-state index in [2.05, 4.69) is 42.2 Å². The van der Waals surface area contributed by atoms with Crippen LogP contribution >= 0.6 is 12.4 Å². The van der Waals surface area contributed by atoms with Crippen molar-refractivity contribution in [2.45, 2.75) is 70.4 Å². The summed E-state index contributed by atoms with van der Waals surface area (Å²) in [5.41, 5.74) is 1.35. The van der Waals surface area contributed by atoms with Gasteiger partial charge in [0.2, 0.25) is 0 Å². The fourth-order valence-electron chi connectivity index (χ4n) is 4.77. The summed E-state index contributed by atoms with van der Waals surface area (Å²) < 4.78 is 0. The van der Waals surface area contributed by atoms with Gasteiger partial charge in [0.15, 0.2) is 0 Å². The van der Waals surface area contributed by atoms with Crippen LogP contribution < -0.4 is 4.90 Å². The van der Waals surface area contributed by atoms with Gasteiger partial charge in [-0.15, -0.1) is 12.4 Å². The molecule has 2 fully saturated rings. The molecule has 1 aliphatic heterocycles. The van der Waals surface area contributed by atoms with Crippen molar-refractivity contribution in [2.75, 3.05) is 11.4 Å². The van der Waals surface area contributed by atoms with E-state index in [0.29, 0.717) is 12.0 Å². The van der Waals surface area contributed by atoms with Crippen molar-refractivity contribution < 1.29 is 5.11 Å². The minimum absolute atomic E-state index is 0. The topological polar surface area (TPSA) is 23.5 Å². The van der Waals surface area contributed by atoms with E-state index in [4.69, 9.17) is 0 Å². The molecule has 1 saturated heterocycles. The summed E-state index contributed by atoms with van der Waals surface area (Å²) in [6, 6.07) is 11.4. The highest BCUT2D eigenvalue weighted by Gasteiger charge is 2.40. The maximum Gasteiger partial charge on any atom is 0.0585 e. The third-order valence-corrected chi connectivity index (χ3v) is 5.87. The summed E-state index contributed by atoms with van der Waals surface area (Å²) in [7, 11) is 0. The second-order valence-electron chi connectivity index (χ2n) is 7.20. The van der Waals surface area contributed by atoms with Crippen LogP contribution in [0, 0.1) is 11.8 Å². The average Bonchev–Trinajstić information content (AvgIpc) is 2.62. The van der Waals surface area contributed by atoms with Gasteiger partial charge in [0.1, 0.15) is 0 Å². The van der Waals surface area contributed by atoms with Gasteiger partial charge in [-0.2, -0.15) is 0 Å². The summed E-state index contributed by atoms with van der Waals surface area (Å²) in [5.74, 6) is 1.21. The lowest BCUT2D eigenvalue weighted by molar-refractivity contribution is 0.0500. The first kappa shape index (κ1) is 18.6. The molecule has 0 bridgehead atoms. The molecule has 1 heterocycles. The number of halogens is 1. The minimum Gasteiger partial charge on any atom is -0.393 e. The number of hydrogen-bond acceptors (Lipinski definition) is 2. The van der Waals surface area contributed by atoms with Crippen LogP contribution in [0.25, 0.3) is 0 Å². The standard InChI is InChI=1S/C20H31NO.ClH/c1-2-19(22)18-14-9-15-21(17-12-7-4-8-13-17)20(18)16-10-5-3-6-11-16;/h4,7-8,12-13,16,18-20,22H,2-3,5-6,9-11,14-15H2,1H3;1H. The van der Waals surface area contributed by atoms with Crippen LogP contribution in [0.1, 0.15) is 58.3 Å². The Morgan fingerprint density at radius 1 is 1.04 bits per heavy atom. The van der Waals surface area contributed by atoms with Crippen molar-refractivity contribution in [3.63, 3.8) is 0 Å². The number of aliphatic hydroxyl groups is 1. The Labute approximate surface area is 147 Å². The Kier molecular flexibility index (Phi) is 7.23. The largest absolute Gasteiger partial charge is 0.393 e. The zero-order valence-electron chi connectivity index (χ0n) is 14.4. The minimum atomic E-state index is -0.140. The van der Waals surface area contributed by atoms with Crippen molar-refractivity contribution in [2.24, 2.45) is 11.8 Å². The van der Waals surface area contributed by atoms with E-state index in [9.17, 15) is 5.11 Å². The van der Waals surface area contributed by atoms with Crippen molar-refractivity contribution in [3.05, 3.63) is 30.3 Å². The Bertz CT molecular complexity index is 446. The van der Waals surface area contributed by atoms with Gasteiger partial charge >= 0.3 is 0 Å². The highest BCUT2D eigenvalue weighted by atomic mass is 35.5. The lowest BCUT2D eigenvalue weighted by atomic mass is 9.72. The maximum absolute atomic E-state index is 10.6. The molecule has 3 atom stereocenters. The molecule has 3 heteroatoms. The number of anilines is 1. The average molecular weight is 338 g/mol. The number of para-hydroxylation sites is 1.